The Morgan fingerprint density at radius 2 is 2.00 bits per heavy atom. The first-order chi connectivity index (χ1) is 16.6. The summed E-state index contributed by atoms with van der Waals surface area (Å²) in [5, 5.41) is 5.61. The summed E-state index contributed by atoms with van der Waals surface area (Å²) < 4.78 is 8.48. The molecule has 0 saturated carbocycles. The van der Waals surface area contributed by atoms with E-state index >= 15 is 0 Å². The lowest BCUT2D eigenvalue weighted by molar-refractivity contribution is -0.135. The Bertz CT molecular complexity index is 1290. The zero-order valence-corrected chi connectivity index (χ0v) is 20.5. The average molecular weight is 482 g/mol. The van der Waals surface area contributed by atoms with Crippen LogP contribution in [0.1, 0.15) is 51.6 Å². The van der Waals surface area contributed by atoms with E-state index in [0.717, 1.165) is 0 Å². The lowest BCUT2D eigenvalue weighted by Crippen LogP contribution is -2.54. The molecule has 1 aromatic carbocycles. The number of aromatic nitrogens is 2. The van der Waals surface area contributed by atoms with E-state index in [1.807, 2.05) is 26.8 Å². The number of hydrogen-bond donors (Lipinski definition) is 2. The third kappa shape index (κ3) is 5.10. The first-order valence-electron chi connectivity index (χ1n) is 11.8. The summed E-state index contributed by atoms with van der Waals surface area (Å²) in [6, 6.07) is 4.52. The van der Waals surface area contributed by atoms with Crippen LogP contribution in [-0.4, -0.2) is 63.2 Å². The third-order valence-electron chi connectivity index (χ3n) is 6.16. The van der Waals surface area contributed by atoms with Crippen LogP contribution < -0.4 is 16.3 Å². The number of nitrogens with zero attached hydrogens (tertiary/aromatic N) is 3. The number of aryl methyl sites for hydroxylation is 1. The minimum atomic E-state index is -0.747. The van der Waals surface area contributed by atoms with E-state index in [-0.39, 0.29) is 36.6 Å². The van der Waals surface area contributed by atoms with Gasteiger partial charge >= 0.3 is 11.8 Å². The normalized spacial score (nSPS) is 20.9. The summed E-state index contributed by atoms with van der Waals surface area (Å²) in [4.78, 5) is 51.4. The summed E-state index contributed by atoms with van der Waals surface area (Å²) in [5.41, 5.74) is 0.958. The van der Waals surface area contributed by atoms with Gasteiger partial charge < -0.3 is 15.0 Å². The number of rotatable bonds is 2. The quantitative estimate of drug-likeness (QED) is 0.493. The zero-order chi connectivity index (χ0) is 25.3. The van der Waals surface area contributed by atoms with Crippen molar-refractivity contribution in [3.63, 3.8) is 0 Å². The molecule has 2 atom stereocenters. The van der Waals surface area contributed by atoms with Gasteiger partial charge in [0.1, 0.15) is 11.6 Å². The number of carbonyl (C=O) groups excluding carboxylic acids is 3. The van der Waals surface area contributed by atoms with Crippen molar-refractivity contribution >= 4 is 28.9 Å². The molecule has 186 valence electrons. The Labute approximate surface area is 203 Å². The lowest BCUT2D eigenvalue weighted by atomic mass is 10.1. The highest BCUT2D eigenvalue weighted by Gasteiger charge is 2.32. The van der Waals surface area contributed by atoms with Gasteiger partial charge in [0.05, 0.1) is 22.6 Å². The van der Waals surface area contributed by atoms with Crippen LogP contribution in [0.15, 0.2) is 23.0 Å². The first-order valence-corrected chi connectivity index (χ1v) is 11.8. The second kappa shape index (κ2) is 9.58. The minimum absolute atomic E-state index is 0.137. The summed E-state index contributed by atoms with van der Waals surface area (Å²) in [6.07, 6.45) is 0.540. The second-order valence-corrected chi connectivity index (χ2v) is 9.89. The van der Waals surface area contributed by atoms with Gasteiger partial charge in [-0.1, -0.05) is 17.9 Å². The largest absolute Gasteiger partial charge is 0.444 e. The Morgan fingerprint density at radius 1 is 1.23 bits per heavy atom. The molecule has 1 aromatic heterocycles. The molecule has 3 amide bonds. The van der Waals surface area contributed by atoms with Crippen molar-refractivity contribution in [1.82, 2.24) is 24.7 Å². The van der Waals surface area contributed by atoms with E-state index in [1.165, 1.54) is 9.13 Å². The molecule has 10 nitrogen and oxygen atoms in total. The van der Waals surface area contributed by atoms with Crippen LogP contribution in [0.2, 0.25) is 0 Å². The molecule has 2 aliphatic rings. The number of ether oxygens (including phenoxy) is 1. The van der Waals surface area contributed by atoms with Gasteiger partial charge in [0.25, 0.3) is 0 Å². The van der Waals surface area contributed by atoms with E-state index in [2.05, 4.69) is 22.5 Å². The molecule has 35 heavy (non-hydrogen) atoms. The van der Waals surface area contributed by atoms with Crippen molar-refractivity contribution in [3.05, 3.63) is 34.2 Å². The topological polar surface area (TPSA) is 115 Å². The highest BCUT2D eigenvalue weighted by Crippen LogP contribution is 2.24. The van der Waals surface area contributed by atoms with Gasteiger partial charge in [-0.15, -0.1) is 0 Å². The van der Waals surface area contributed by atoms with Crippen molar-refractivity contribution in [2.24, 2.45) is 7.05 Å². The molecular formula is C25H31N5O5. The molecule has 0 radical (unpaired) electrons. The molecule has 3 heterocycles. The number of benzene rings is 1. The summed E-state index contributed by atoms with van der Waals surface area (Å²) >= 11 is 0. The zero-order valence-electron chi connectivity index (χ0n) is 20.5. The molecule has 2 fully saturated rings. The highest BCUT2D eigenvalue weighted by molar-refractivity contribution is 6.00. The number of imide groups is 1. The number of para-hydroxylation sites is 1. The van der Waals surface area contributed by atoms with E-state index in [4.69, 9.17) is 4.74 Å². The molecule has 2 N–H and O–H groups in total. The number of imidazole rings is 1. The van der Waals surface area contributed by atoms with Gasteiger partial charge in [0.15, 0.2) is 0 Å². The van der Waals surface area contributed by atoms with Crippen LogP contribution in [0, 0.1) is 11.8 Å². The van der Waals surface area contributed by atoms with Gasteiger partial charge in [-0.3, -0.25) is 24.0 Å². The highest BCUT2D eigenvalue weighted by atomic mass is 16.6. The molecule has 2 unspecified atom stereocenters. The van der Waals surface area contributed by atoms with Crippen molar-refractivity contribution in [2.75, 3.05) is 19.6 Å². The van der Waals surface area contributed by atoms with Crippen LogP contribution in [-0.2, 0) is 21.4 Å². The number of amides is 3. The van der Waals surface area contributed by atoms with Crippen molar-refractivity contribution in [2.45, 2.75) is 57.7 Å². The van der Waals surface area contributed by atoms with Crippen LogP contribution in [0.3, 0.4) is 0 Å². The summed E-state index contributed by atoms with van der Waals surface area (Å²) in [7, 11) is 1.65. The minimum Gasteiger partial charge on any atom is -0.444 e. The molecule has 0 aliphatic carbocycles. The Kier molecular flexibility index (Phi) is 6.72. The summed E-state index contributed by atoms with van der Waals surface area (Å²) in [5.74, 6) is 5.53. The van der Waals surface area contributed by atoms with Gasteiger partial charge in [0.2, 0.25) is 11.8 Å². The Morgan fingerprint density at radius 3 is 2.71 bits per heavy atom. The number of piperazine rings is 1. The second-order valence-electron chi connectivity index (χ2n) is 9.89. The van der Waals surface area contributed by atoms with Crippen LogP contribution in [0.25, 0.3) is 11.0 Å². The first kappa shape index (κ1) is 24.5. The maximum atomic E-state index is 13.1. The Balaban J connectivity index is 1.61. The van der Waals surface area contributed by atoms with Gasteiger partial charge in [-0.2, -0.15) is 0 Å². The monoisotopic (exact) mass is 481 g/mol. The number of fused-ring (bicyclic) bond motifs is 1. The fourth-order valence-electron chi connectivity index (χ4n) is 4.54. The fraction of sp³-hybridized carbons (Fsp3) is 0.520. The van der Waals surface area contributed by atoms with Crippen molar-refractivity contribution < 1.29 is 19.1 Å². The molecule has 2 aliphatic heterocycles. The van der Waals surface area contributed by atoms with E-state index in [1.54, 1.807) is 24.1 Å². The summed E-state index contributed by atoms with van der Waals surface area (Å²) in [6.45, 7) is 7.37. The predicted molar refractivity (Wildman–Crippen MR) is 130 cm³/mol. The number of carbonyl (C=O) groups is 3. The van der Waals surface area contributed by atoms with E-state index in [0.29, 0.717) is 42.7 Å². The lowest BCUT2D eigenvalue weighted by Gasteiger charge is -2.36. The SMILES string of the molecule is Cn1c(=O)n(C2CCC(=O)NC2=O)c2cccc(C#CCC3CNCCN3C(=O)OC(C)(C)C)c21. The van der Waals surface area contributed by atoms with Crippen molar-refractivity contribution in [1.29, 1.82) is 0 Å². The van der Waals surface area contributed by atoms with Crippen LogP contribution in [0.5, 0.6) is 0 Å². The maximum absolute atomic E-state index is 13.1. The predicted octanol–water partition coefficient (Wildman–Crippen LogP) is 1.27. The molecule has 0 bridgehead atoms. The average Bonchev–Trinajstić information content (AvgIpc) is 3.04. The fourth-order valence-corrected chi connectivity index (χ4v) is 4.54. The molecule has 4 rings (SSSR count). The number of piperidine rings is 1. The Hall–Kier alpha value is -3.58. The smallest absolute Gasteiger partial charge is 0.410 e. The molecular weight excluding hydrogens is 450 g/mol. The van der Waals surface area contributed by atoms with E-state index < -0.39 is 17.6 Å². The number of hydrogen-bond acceptors (Lipinski definition) is 6. The number of nitrogens with one attached hydrogen (secondary N) is 2. The van der Waals surface area contributed by atoms with Crippen LogP contribution in [0.4, 0.5) is 4.79 Å². The third-order valence-corrected chi connectivity index (χ3v) is 6.16. The van der Waals surface area contributed by atoms with Gasteiger partial charge in [-0.05, 0) is 39.3 Å². The van der Waals surface area contributed by atoms with Gasteiger partial charge in [0, 0.05) is 39.5 Å². The van der Waals surface area contributed by atoms with Gasteiger partial charge in [-0.25, -0.2) is 9.59 Å². The molecule has 0 spiro atoms. The maximum Gasteiger partial charge on any atom is 0.410 e. The standard InChI is InChI=1S/C25H31N5O5/c1-25(2,3)35-24(34)29-14-13-26-15-17(29)9-5-7-16-8-6-10-18-21(16)28(4)23(33)30(18)19-11-12-20(31)27-22(19)32/h6,8,10,17,19,26H,9,11-15H2,1-4H3,(H,27,31,32). The van der Waals surface area contributed by atoms with E-state index in [9.17, 15) is 19.2 Å². The molecule has 2 aromatic rings. The molecule has 2 saturated heterocycles. The molecule has 10 heteroatoms. The van der Waals surface area contributed by atoms with Crippen LogP contribution >= 0.6 is 0 Å². The van der Waals surface area contributed by atoms with Crippen molar-refractivity contribution in [3.8, 4) is 11.8 Å².